The lowest BCUT2D eigenvalue weighted by atomic mass is 9.89. The number of aryl methyl sites for hydroxylation is 1. The zero-order chi connectivity index (χ0) is 17.5. The van der Waals surface area contributed by atoms with Crippen LogP contribution in [0.1, 0.15) is 69.3 Å². The average Bonchev–Trinajstić information content (AvgIpc) is 2.50. The summed E-state index contributed by atoms with van der Waals surface area (Å²) in [7, 11) is 0. The van der Waals surface area contributed by atoms with Crippen LogP contribution in [0.2, 0.25) is 0 Å². The summed E-state index contributed by atoms with van der Waals surface area (Å²) in [5, 5.41) is 18.9. The number of benzene rings is 1. The Bertz CT molecular complexity index is 585. The van der Waals surface area contributed by atoms with Gasteiger partial charge in [0.05, 0.1) is 23.7 Å². The fourth-order valence-corrected chi connectivity index (χ4v) is 2.39. The van der Waals surface area contributed by atoms with Crippen molar-refractivity contribution < 1.29 is 14.6 Å². The molecule has 0 saturated carbocycles. The fourth-order valence-electron chi connectivity index (χ4n) is 2.39. The van der Waals surface area contributed by atoms with Crippen molar-refractivity contribution in [2.24, 2.45) is 5.41 Å². The zero-order valence-corrected chi connectivity index (χ0v) is 14.6. The van der Waals surface area contributed by atoms with Crippen LogP contribution in [-0.4, -0.2) is 17.5 Å². The summed E-state index contributed by atoms with van der Waals surface area (Å²) in [6.45, 7) is 7.91. The molecule has 0 heterocycles. The van der Waals surface area contributed by atoms with Crippen LogP contribution in [0.5, 0.6) is 11.5 Å². The van der Waals surface area contributed by atoms with E-state index in [9.17, 15) is 9.90 Å². The Kier molecular flexibility index (Phi) is 7.09. The number of Topliss-reactive ketones (excluding diaryl/α,β-unsaturated/α-hetero) is 1. The molecule has 1 aromatic carbocycles. The van der Waals surface area contributed by atoms with E-state index in [4.69, 9.17) is 10.00 Å². The van der Waals surface area contributed by atoms with Crippen LogP contribution >= 0.6 is 0 Å². The number of hydrogen-bond acceptors (Lipinski definition) is 4. The number of aromatic hydroxyl groups is 1. The van der Waals surface area contributed by atoms with Crippen molar-refractivity contribution in [3.05, 3.63) is 23.3 Å². The summed E-state index contributed by atoms with van der Waals surface area (Å²) in [4.78, 5) is 11.5. The number of hydrogen-bond donors (Lipinski definition) is 1. The Labute approximate surface area is 139 Å². The van der Waals surface area contributed by atoms with Crippen LogP contribution in [-0.2, 0) is 6.42 Å². The highest BCUT2D eigenvalue weighted by molar-refractivity contribution is 5.97. The van der Waals surface area contributed by atoms with Crippen LogP contribution < -0.4 is 4.74 Å². The molecule has 0 spiro atoms. The highest BCUT2D eigenvalue weighted by Crippen LogP contribution is 2.29. The third-order valence-corrected chi connectivity index (χ3v) is 3.95. The maximum Gasteiger partial charge on any atom is 0.163 e. The highest BCUT2D eigenvalue weighted by atomic mass is 16.5. The van der Waals surface area contributed by atoms with Crippen molar-refractivity contribution in [3.8, 4) is 17.6 Å². The first-order valence-corrected chi connectivity index (χ1v) is 8.21. The van der Waals surface area contributed by atoms with Gasteiger partial charge in [-0.05, 0) is 51.7 Å². The van der Waals surface area contributed by atoms with E-state index in [0.29, 0.717) is 17.9 Å². The molecule has 0 radical (unpaired) electrons. The van der Waals surface area contributed by atoms with Crippen LogP contribution in [0.4, 0.5) is 0 Å². The third kappa shape index (κ3) is 5.94. The molecular formula is C19H27NO3. The van der Waals surface area contributed by atoms with Gasteiger partial charge in [-0.3, -0.25) is 4.79 Å². The van der Waals surface area contributed by atoms with Crippen molar-refractivity contribution in [2.75, 3.05) is 6.61 Å². The van der Waals surface area contributed by atoms with E-state index in [1.807, 2.05) is 20.8 Å². The number of phenols is 1. The molecule has 0 aromatic heterocycles. The van der Waals surface area contributed by atoms with Crippen molar-refractivity contribution in [2.45, 2.75) is 59.8 Å². The van der Waals surface area contributed by atoms with Gasteiger partial charge in [-0.2, -0.15) is 5.26 Å². The molecule has 0 fully saturated rings. The standard InChI is InChI=1S/C19H27NO3/c1-5-15-11-16(14(2)21)17(22)12-18(15)23-10-8-6-7-9-19(3,4)13-20/h11-12,22H,5-10H2,1-4H3. The van der Waals surface area contributed by atoms with Crippen LogP contribution in [0.3, 0.4) is 0 Å². The largest absolute Gasteiger partial charge is 0.507 e. The molecule has 0 saturated heterocycles. The quantitative estimate of drug-likeness (QED) is 0.532. The van der Waals surface area contributed by atoms with Gasteiger partial charge < -0.3 is 9.84 Å². The Morgan fingerprint density at radius 2 is 2.00 bits per heavy atom. The molecular weight excluding hydrogens is 290 g/mol. The molecule has 0 bridgehead atoms. The number of nitriles is 1. The van der Waals surface area contributed by atoms with E-state index in [1.165, 1.54) is 13.0 Å². The monoisotopic (exact) mass is 317 g/mol. The summed E-state index contributed by atoms with van der Waals surface area (Å²) in [5.74, 6) is 0.469. The summed E-state index contributed by atoms with van der Waals surface area (Å²) in [6, 6.07) is 5.55. The predicted octanol–water partition coefficient (Wildman–Crippen LogP) is 4.65. The van der Waals surface area contributed by atoms with Crippen molar-refractivity contribution >= 4 is 5.78 Å². The lowest BCUT2D eigenvalue weighted by Crippen LogP contribution is -2.07. The van der Waals surface area contributed by atoms with Gasteiger partial charge in [0, 0.05) is 6.07 Å². The molecule has 0 amide bonds. The predicted molar refractivity (Wildman–Crippen MR) is 90.8 cm³/mol. The van der Waals surface area contributed by atoms with Crippen molar-refractivity contribution in [3.63, 3.8) is 0 Å². The molecule has 1 aromatic rings. The maximum absolute atomic E-state index is 11.5. The lowest BCUT2D eigenvalue weighted by Gasteiger charge is -2.15. The first-order valence-electron chi connectivity index (χ1n) is 8.21. The Hall–Kier alpha value is -2.02. The first kappa shape index (κ1) is 19.0. The molecule has 0 atom stereocenters. The van der Waals surface area contributed by atoms with Gasteiger partial charge in [-0.25, -0.2) is 0 Å². The van der Waals surface area contributed by atoms with E-state index in [-0.39, 0.29) is 16.9 Å². The lowest BCUT2D eigenvalue weighted by molar-refractivity contribution is 0.101. The second kappa shape index (κ2) is 8.57. The Morgan fingerprint density at radius 1 is 1.30 bits per heavy atom. The molecule has 126 valence electrons. The number of carbonyl (C=O) groups is 1. The number of phenolic OH excluding ortho intramolecular Hbond substituents is 1. The van der Waals surface area contributed by atoms with Gasteiger partial charge in [-0.1, -0.05) is 19.8 Å². The molecule has 4 heteroatoms. The minimum Gasteiger partial charge on any atom is -0.507 e. The van der Waals surface area contributed by atoms with Crippen molar-refractivity contribution in [1.82, 2.24) is 0 Å². The number of ether oxygens (including phenoxy) is 1. The summed E-state index contributed by atoms with van der Waals surface area (Å²) in [6.07, 6.45) is 4.53. The van der Waals surface area contributed by atoms with Crippen LogP contribution in [0.25, 0.3) is 0 Å². The van der Waals surface area contributed by atoms with Gasteiger partial charge in [0.1, 0.15) is 11.5 Å². The third-order valence-electron chi connectivity index (χ3n) is 3.95. The number of nitrogens with zero attached hydrogens (tertiary/aromatic N) is 1. The molecule has 0 aliphatic rings. The topological polar surface area (TPSA) is 70.3 Å². The number of ketones is 1. The van der Waals surface area contributed by atoms with Crippen LogP contribution in [0.15, 0.2) is 12.1 Å². The van der Waals surface area contributed by atoms with E-state index in [2.05, 4.69) is 6.07 Å². The summed E-state index contributed by atoms with van der Waals surface area (Å²) in [5.41, 5.74) is 1.01. The second-order valence-electron chi connectivity index (χ2n) is 6.54. The maximum atomic E-state index is 11.5. The van der Waals surface area contributed by atoms with Crippen LogP contribution in [0, 0.1) is 16.7 Å². The van der Waals surface area contributed by atoms with Gasteiger partial charge in [0.15, 0.2) is 5.78 Å². The minimum absolute atomic E-state index is 0.0273. The van der Waals surface area contributed by atoms with Gasteiger partial charge in [0.25, 0.3) is 0 Å². The molecule has 1 N–H and O–H groups in total. The number of unbranched alkanes of at least 4 members (excludes halogenated alkanes) is 2. The van der Waals surface area contributed by atoms with Gasteiger partial charge >= 0.3 is 0 Å². The zero-order valence-electron chi connectivity index (χ0n) is 14.6. The molecule has 23 heavy (non-hydrogen) atoms. The van der Waals surface area contributed by atoms with Gasteiger partial charge in [-0.15, -0.1) is 0 Å². The molecule has 0 unspecified atom stereocenters. The smallest absolute Gasteiger partial charge is 0.163 e. The molecule has 1 rings (SSSR count). The second-order valence-corrected chi connectivity index (χ2v) is 6.54. The van der Waals surface area contributed by atoms with Gasteiger partial charge in [0.2, 0.25) is 0 Å². The molecule has 0 aliphatic heterocycles. The number of carbonyl (C=O) groups excluding carboxylic acids is 1. The first-order chi connectivity index (χ1) is 10.8. The summed E-state index contributed by atoms with van der Waals surface area (Å²) < 4.78 is 5.77. The average molecular weight is 317 g/mol. The SMILES string of the molecule is CCc1cc(C(C)=O)c(O)cc1OCCCCCC(C)(C)C#N. The minimum atomic E-state index is -0.259. The number of rotatable bonds is 9. The fraction of sp³-hybridized carbons (Fsp3) is 0.579. The summed E-state index contributed by atoms with van der Waals surface area (Å²) >= 11 is 0. The van der Waals surface area contributed by atoms with E-state index >= 15 is 0 Å². The normalized spacial score (nSPS) is 11.1. The van der Waals surface area contributed by atoms with Crippen molar-refractivity contribution in [1.29, 1.82) is 5.26 Å². The Balaban J connectivity index is 2.51. The van der Waals surface area contributed by atoms with E-state index in [1.54, 1.807) is 6.07 Å². The van der Waals surface area contributed by atoms with E-state index in [0.717, 1.165) is 37.7 Å². The highest BCUT2D eigenvalue weighted by Gasteiger charge is 2.15. The molecule has 4 nitrogen and oxygen atoms in total. The Morgan fingerprint density at radius 3 is 2.57 bits per heavy atom. The molecule has 0 aliphatic carbocycles. The van der Waals surface area contributed by atoms with E-state index < -0.39 is 0 Å².